The van der Waals surface area contributed by atoms with Gasteiger partial charge >= 0.3 is 12.0 Å². The first kappa shape index (κ1) is 14.0. The Labute approximate surface area is 109 Å². The first-order chi connectivity index (χ1) is 8.72. The number of nitrogens with one attached hydrogen (secondary N) is 1. The van der Waals surface area contributed by atoms with Gasteiger partial charge in [0.15, 0.2) is 0 Å². The van der Waals surface area contributed by atoms with Crippen LogP contribution in [0.3, 0.4) is 0 Å². The van der Waals surface area contributed by atoms with E-state index in [1.807, 2.05) is 0 Å². The Hall–Kier alpha value is -1.40. The highest BCUT2D eigenvalue weighted by atomic mass is 19.3. The van der Waals surface area contributed by atoms with Crippen LogP contribution >= 0.6 is 0 Å². The fourth-order valence-electron chi connectivity index (χ4n) is 2.58. The van der Waals surface area contributed by atoms with E-state index in [9.17, 15) is 18.4 Å². The fraction of sp³-hybridized carbons (Fsp3) is 0.833. The summed E-state index contributed by atoms with van der Waals surface area (Å²) < 4.78 is 25.2. The molecule has 0 spiro atoms. The molecular formula is C12H18F2N2O3. The van der Waals surface area contributed by atoms with Crippen LogP contribution in [-0.4, -0.2) is 47.6 Å². The van der Waals surface area contributed by atoms with Gasteiger partial charge in [-0.2, -0.15) is 0 Å². The molecule has 5 nitrogen and oxygen atoms in total. The van der Waals surface area contributed by atoms with Crippen LogP contribution in [0.25, 0.3) is 0 Å². The molecule has 1 atom stereocenters. The molecule has 1 heterocycles. The third kappa shape index (κ3) is 2.96. The van der Waals surface area contributed by atoms with Crippen molar-refractivity contribution in [2.75, 3.05) is 19.6 Å². The molecule has 108 valence electrons. The van der Waals surface area contributed by atoms with E-state index in [1.54, 1.807) is 6.92 Å². The molecule has 1 saturated heterocycles. The molecule has 0 aromatic heterocycles. The zero-order valence-electron chi connectivity index (χ0n) is 10.8. The number of alkyl halides is 2. The van der Waals surface area contributed by atoms with Gasteiger partial charge in [0.2, 0.25) is 5.92 Å². The van der Waals surface area contributed by atoms with E-state index in [0.717, 1.165) is 0 Å². The van der Waals surface area contributed by atoms with Crippen molar-refractivity contribution >= 4 is 12.0 Å². The van der Waals surface area contributed by atoms with E-state index in [1.165, 1.54) is 4.90 Å². The summed E-state index contributed by atoms with van der Waals surface area (Å²) in [6.07, 6.45) is 0.0531. The molecule has 1 aliphatic carbocycles. The molecular weight excluding hydrogens is 258 g/mol. The Bertz CT molecular complexity index is 394. The maximum Gasteiger partial charge on any atom is 0.317 e. The summed E-state index contributed by atoms with van der Waals surface area (Å²) >= 11 is 0. The molecule has 1 aliphatic heterocycles. The largest absolute Gasteiger partial charge is 0.481 e. The van der Waals surface area contributed by atoms with Crippen LogP contribution in [0.4, 0.5) is 13.6 Å². The van der Waals surface area contributed by atoms with Gasteiger partial charge < -0.3 is 15.3 Å². The number of rotatable bonds is 3. The van der Waals surface area contributed by atoms with E-state index in [0.29, 0.717) is 13.0 Å². The van der Waals surface area contributed by atoms with Crippen molar-refractivity contribution in [2.45, 2.75) is 32.1 Å². The number of urea groups is 1. The summed E-state index contributed by atoms with van der Waals surface area (Å²) in [5, 5.41) is 11.7. The monoisotopic (exact) mass is 276 g/mol. The molecule has 0 aromatic rings. The molecule has 0 radical (unpaired) electrons. The first-order valence-electron chi connectivity index (χ1n) is 6.36. The number of carbonyl (C=O) groups is 2. The number of nitrogens with zero attached hydrogens (tertiary/aromatic N) is 1. The summed E-state index contributed by atoms with van der Waals surface area (Å²) in [6, 6.07) is -0.361. The molecule has 1 saturated carbocycles. The lowest BCUT2D eigenvalue weighted by Gasteiger charge is -2.35. The number of likely N-dealkylation sites (tertiary alicyclic amines) is 1. The van der Waals surface area contributed by atoms with E-state index >= 15 is 0 Å². The predicted molar refractivity (Wildman–Crippen MR) is 63.0 cm³/mol. The summed E-state index contributed by atoms with van der Waals surface area (Å²) in [6.45, 7) is 2.38. The van der Waals surface area contributed by atoms with Crippen molar-refractivity contribution in [3.05, 3.63) is 0 Å². The fourth-order valence-corrected chi connectivity index (χ4v) is 2.58. The van der Waals surface area contributed by atoms with Crippen LogP contribution in [0.2, 0.25) is 0 Å². The van der Waals surface area contributed by atoms with Crippen molar-refractivity contribution in [3.8, 4) is 0 Å². The second-order valence-corrected chi connectivity index (χ2v) is 5.85. The lowest BCUT2D eigenvalue weighted by atomic mass is 9.81. The van der Waals surface area contributed by atoms with Crippen molar-refractivity contribution in [1.29, 1.82) is 0 Å². The smallest absolute Gasteiger partial charge is 0.317 e. The van der Waals surface area contributed by atoms with Crippen molar-refractivity contribution in [1.82, 2.24) is 10.2 Å². The van der Waals surface area contributed by atoms with Gasteiger partial charge in [-0.15, -0.1) is 0 Å². The molecule has 19 heavy (non-hydrogen) atoms. The van der Waals surface area contributed by atoms with Crippen molar-refractivity contribution in [3.63, 3.8) is 0 Å². The van der Waals surface area contributed by atoms with Gasteiger partial charge in [-0.3, -0.25) is 4.79 Å². The number of carbonyl (C=O) groups excluding carboxylic acids is 1. The Morgan fingerprint density at radius 1 is 1.42 bits per heavy atom. The van der Waals surface area contributed by atoms with Gasteiger partial charge in [0.1, 0.15) is 0 Å². The van der Waals surface area contributed by atoms with Crippen LogP contribution in [0, 0.1) is 11.3 Å². The van der Waals surface area contributed by atoms with E-state index in [2.05, 4.69) is 5.32 Å². The minimum absolute atomic E-state index is 0.162. The average Bonchev–Trinajstić information content (AvgIpc) is 2.67. The number of hydrogen-bond acceptors (Lipinski definition) is 2. The summed E-state index contributed by atoms with van der Waals surface area (Å²) in [7, 11) is 0. The number of amides is 2. The summed E-state index contributed by atoms with van der Waals surface area (Å²) in [5.41, 5.74) is -0.902. The zero-order valence-corrected chi connectivity index (χ0v) is 10.8. The molecule has 2 aliphatic rings. The molecule has 7 heteroatoms. The standard InChI is InChI=1S/C12H18F2N2O3/c1-11(9(17)18)2-3-16(7-11)10(19)15-6-8-4-12(13,14)5-8/h8H,2-7H2,1H3,(H,15,19)(H,17,18). The maximum atomic E-state index is 12.6. The third-order valence-corrected chi connectivity index (χ3v) is 3.99. The lowest BCUT2D eigenvalue weighted by molar-refractivity contribution is -0.147. The molecule has 0 bridgehead atoms. The molecule has 2 fully saturated rings. The van der Waals surface area contributed by atoms with Crippen molar-refractivity contribution < 1.29 is 23.5 Å². The number of halogens is 2. The number of carboxylic acids is 1. The van der Waals surface area contributed by atoms with Gasteiger partial charge in [-0.25, -0.2) is 13.6 Å². The second kappa shape index (κ2) is 4.61. The van der Waals surface area contributed by atoms with Crippen molar-refractivity contribution in [2.24, 2.45) is 11.3 Å². The lowest BCUT2D eigenvalue weighted by Crippen LogP contribution is -2.46. The highest BCUT2D eigenvalue weighted by molar-refractivity contribution is 5.79. The maximum absolute atomic E-state index is 12.6. The SMILES string of the molecule is CC1(C(=O)O)CCN(C(=O)NCC2CC(F)(F)C2)C1. The molecule has 2 rings (SSSR count). The topological polar surface area (TPSA) is 69.6 Å². The Morgan fingerprint density at radius 2 is 2.05 bits per heavy atom. The van der Waals surface area contributed by atoms with Crippen LogP contribution in [0.15, 0.2) is 0 Å². The number of aliphatic carboxylic acids is 1. The molecule has 2 N–H and O–H groups in total. The summed E-state index contributed by atoms with van der Waals surface area (Å²) in [5.74, 6) is -3.67. The predicted octanol–water partition coefficient (Wildman–Crippen LogP) is 1.54. The minimum atomic E-state index is -2.58. The van der Waals surface area contributed by atoms with Crippen LogP contribution < -0.4 is 5.32 Å². The first-order valence-corrected chi connectivity index (χ1v) is 6.36. The molecule has 2 amide bonds. The van der Waals surface area contributed by atoms with E-state index < -0.39 is 17.3 Å². The summed E-state index contributed by atoms with van der Waals surface area (Å²) in [4.78, 5) is 24.3. The van der Waals surface area contributed by atoms with Gasteiger partial charge in [-0.05, 0) is 19.3 Å². The van der Waals surface area contributed by atoms with E-state index in [4.69, 9.17) is 5.11 Å². The van der Waals surface area contributed by atoms with Crippen LogP contribution in [0.1, 0.15) is 26.2 Å². The van der Waals surface area contributed by atoms with Gasteiger partial charge in [0.05, 0.1) is 5.41 Å². The second-order valence-electron chi connectivity index (χ2n) is 5.85. The minimum Gasteiger partial charge on any atom is -0.481 e. The Balaban J connectivity index is 1.75. The Kier molecular flexibility index (Phi) is 3.40. The van der Waals surface area contributed by atoms with Gasteiger partial charge in [0.25, 0.3) is 0 Å². The molecule has 0 aromatic carbocycles. The Morgan fingerprint density at radius 3 is 2.53 bits per heavy atom. The normalized spacial score (nSPS) is 29.9. The zero-order chi connectivity index (χ0) is 14.3. The average molecular weight is 276 g/mol. The number of carboxylic acid groups (broad SMARTS) is 1. The quantitative estimate of drug-likeness (QED) is 0.821. The van der Waals surface area contributed by atoms with E-state index in [-0.39, 0.29) is 37.9 Å². The highest BCUT2D eigenvalue weighted by Crippen LogP contribution is 2.41. The highest BCUT2D eigenvalue weighted by Gasteiger charge is 2.46. The third-order valence-electron chi connectivity index (χ3n) is 3.99. The van der Waals surface area contributed by atoms with Gasteiger partial charge in [0, 0.05) is 32.5 Å². The number of hydrogen-bond donors (Lipinski definition) is 2. The van der Waals surface area contributed by atoms with Crippen LogP contribution in [-0.2, 0) is 4.79 Å². The molecule has 1 unspecified atom stereocenters. The van der Waals surface area contributed by atoms with Crippen LogP contribution in [0.5, 0.6) is 0 Å². The van der Waals surface area contributed by atoms with Gasteiger partial charge in [-0.1, -0.05) is 0 Å².